The van der Waals surface area contributed by atoms with Crippen molar-refractivity contribution in [2.24, 2.45) is 5.92 Å². The Bertz CT molecular complexity index is 221. The van der Waals surface area contributed by atoms with Crippen molar-refractivity contribution in [3.63, 3.8) is 0 Å². The van der Waals surface area contributed by atoms with Crippen molar-refractivity contribution in [2.75, 3.05) is 26.7 Å². The van der Waals surface area contributed by atoms with Gasteiger partial charge in [0.2, 0.25) is 5.91 Å². The summed E-state index contributed by atoms with van der Waals surface area (Å²) in [5, 5.41) is 0. The Morgan fingerprint density at radius 1 is 1.29 bits per heavy atom. The predicted molar refractivity (Wildman–Crippen MR) is 56.0 cm³/mol. The lowest BCUT2D eigenvalue weighted by molar-refractivity contribution is -0.130. The molecule has 3 nitrogen and oxygen atoms in total. The van der Waals surface area contributed by atoms with Crippen LogP contribution >= 0.6 is 0 Å². The zero-order valence-electron chi connectivity index (χ0n) is 9.20. The van der Waals surface area contributed by atoms with Crippen LogP contribution < -0.4 is 0 Å². The molecule has 14 heavy (non-hydrogen) atoms. The first kappa shape index (κ1) is 9.97. The van der Waals surface area contributed by atoms with E-state index in [4.69, 9.17) is 0 Å². The molecule has 2 fully saturated rings. The summed E-state index contributed by atoms with van der Waals surface area (Å²) in [7, 11) is 2.16. The highest BCUT2D eigenvalue weighted by atomic mass is 16.2. The SMILES string of the molecule is C[C@@H]1CC(=O)N(C2CCN(C)CC2)C1. The quantitative estimate of drug-likeness (QED) is 0.623. The van der Waals surface area contributed by atoms with Gasteiger partial charge in [0.15, 0.2) is 0 Å². The lowest BCUT2D eigenvalue weighted by Gasteiger charge is -2.35. The summed E-state index contributed by atoms with van der Waals surface area (Å²) in [6, 6.07) is 0.531. The third-order valence-corrected chi connectivity index (χ3v) is 3.48. The molecule has 0 aromatic carbocycles. The van der Waals surface area contributed by atoms with E-state index in [1.807, 2.05) is 0 Å². The van der Waals surface area contributed by atoms with Crippen LogP contribution in [0.4, 0.5) is 0 Å². The van der Waals surface area contributed by atoms with Gasteiger partial charge in [-0.15, -0.1) is 0 Å². The zero-order chi connectivity index (χ0) is 10.1. The maximum atomic E-state index is 11.7. The number of amides is 1. The first-order chi connectivity index (χ1) is 6.66. The lowest BCUT2D eigenvalue weighted by atomic mass is 10.0. The smallest absolute Gasteiger partial charge is 0.223 e. The van der Waals surface area contributed by atoms with Crippen molar-refractivity contribution in [1.29, 1.82) is 0 Å². The minimum absolute atomic E-state index is 0.382. The normalized spacial score (nSPS) is 31.4. The maximum Gasteiger partial charge on any atom is 0.223 e. The van der Waals surface area contributed by atoms with Crippen LogP contribution in [0.5, 0.6) is 0 Å². The van der Waals surface area contributed by atoms with Crippen LogP contribution in [0.2, 0.25) is 0 Å². The molecule has 0 radical (unpaired) electrons. The van der Waals surface area contributed by atoms with Crippen LogP contribution in [0, 0.1) is 5.92 Å². The topological polar surface area (TPSA) is 23.6 Å². The van der Waals surface area contributed by atoms with Gasteiger partial charge in [-0.05, 0) is 38.9 Å². The fourth-order valence-electron chi connectivity index (χ4n) is 2.58. The molecule has 2 saturated heterocycles. The summed E-state index contributed by atoms with van der Waals surface area (Å²) in [6.07, 6.45) is 3.09. The van der Waals surface area contributed by atoms with Crippen LogP contribution in [0.25, 0.3) is 0 Å². The Balaban J connectivity index is 1.92. The molecule has 1 amide bonds. The average Bonchev–Trinajstić information content (AvgIpc) is 2.47. The highest BCUT2D eigenvalue weighted by Crippen LogP contribution is 2.24. The molecule has 3 heteroatoms. The van der Waals surface area contributed by atoms with Gasteiger partial charge in [-0.3, -0.25) is 4.79 Å². The predicted octanol–water partition coefficient (Wildman–Crippen LogP) is 0.949. The molecule has 80 valence electrons. The Morgan fingerprint density at radius 2 is 1.93 bits per heavy atom. The third kappa shape index (κ3) is 1.92. The van der Waals surface area contributed by atoms with Crippen molar-refractivity contribution in [3.05, 3.63) is 0 Å². The molecule has 0 spiro atoms. The van der Waals surface area contributed by atoms with Gasteiger partial charge in [0.1, 0.15) is 0 Å². The van der Waals surface area contributed by atoms with Crippen molar-refractivity contribution in [2.45, 2.75) is 32.2 Å². The van der Waals surface area contributed by atoms with E-state index in [2.05, 4.69) is 23.8 Å². The molecule has 0 saturated carbocycles. The molecule has 0 unspecified atom stereocenters. The highest BCUT2D eigenvalue weighted by molar-refractivity contribution is 5.78. The first-order valence-corrected chi connectivity index (χ1v) is 5.65. The van der Waals surface area contributed by atoms with Gasteiger partial charge in [-0.25, -0.2) is 0 Å². The summed E-state index contributed by atoms with van der Waals surface area (Å²) in [4.78, 5) is 16.1. The monoisotopic (exact) mass is 196 g/mol. The van der Waals surface area contributed by atoms with Gasteiger partial charge < -0.3 is 9.80 Å². The van der Waals surface area contributed by atoms with Crippen LogP contribution in [-0.4, -0.2) is 48.4 Å². The maximum absolute atomic E-state index is 11.7. The number of hydrogen-bond donors (Lipinski definition) is 0. The molecule has 2 aliphatic heterocycles. The average molecular weight is 196 g/mol. The number of piperidine rings is 1. The Kier molecular flexibility index (Phi) is 2.77. The van der Waals surface area contributed by atoms with E-state index in [0.29, 0.717) is 17.9 Å². The molecule has 2 rings (SSSR count). The molecular weight excluding hydrogens is 176 g/mol. The van der Waals surface area contributed by atoms with Gasteiger partial charge in [0, 0.05) is 19.0 Å². The number of carbonyl (C=O) groups excluding carboxylic acids is 1. The molecule has 2 heterocycles. The second kappa shape index (κ2) is 3.89. The van der Waals surface area contributed by atoms with E-state index in [1.54, 1.807) is 0 Å². The lowest BCUT2D eigenvalue weighted by Crippen LogP contribution is -2.44. The van der Waals surface area contributed by atoms with Crippen molar-refractivity contribution in [3.8, 4) is 0 Å². The molecular formula is C11H20N2O. The Labute approximate surface area is 86.1 Å². The molecule has 2 aliphatic rings. The van der Waals surface area contributed by atoms with Crippen LogP contribution in [0.1, 0.15) is 26.2 Å². The number of carbonyl (C=O) groups is 1. The van der Waals surface area contributed by atoms with Crippen LogP contribution in [0.3, 0.4) is 0 Å². The van der Waals surface area contributed by atoms with Gasteiger partial charge in [0.25, 0.3) is 0 Å². The second-order valence-corrected chi connectivity index (χ2v) is 4.89. The van der Waals surface area contributed by atoms with E-state index >= 15 is 0 Å². The Morgan fingerprint density at radius 3 is 2.43 bits per heavy atom. The fourth-order valence-corrected chi connectivity index (χ4v) is 2.58. The fraction of sp³-hybridized carbons (Fsp3) is 0.909. The minimum Gasteiger partial charge on any atom is -0.339 e. The summed E-state index contributed by atoms with van der Waals surface area (Å²) in [5.74, 6) is 0.953. The third-order valence-electron chi connectivity index (χ3n) is 3.48. The number of rotatable bonds is 1. The van der Waals surface area contributed by atoms with Crippen molar-refractivity contribution < 1.29 is 4.79 Å². The minimum atomic E-state index is 0.382. The number of hydrogen-bond acceptors (Lipinski definition) is 2. The molecule has 0 bridgehead atoms. The molecule has 1 atom stereocenters. The van der Waals surface area contributed by atoms with E-state index in [-0.39, 0.29) is 0 Å². The van der Waals surface area contributed by atoms with Crippen molar-refractivity contribution in [1.82, 2.24) is 9.80 Å². The summed E-state index contributed by atoms with van der Waals surface area (Å²) in [6.45, 7) is 5.45. The Hall–Kier alpha value is -0.570. The van der Waals surface area contributed by atoms with Crippen LogP contribution in [-0.2, 0) is 4.79 Å². The summed E-state index contributed by atoms with van der Waals surface area (Å²) < 4.78 is 0. The van der Waals surface area contributed by atoms with Gasteiger partial charge in [-0.2, -0.15) is 0 Å². The van der Waals surface area contributed by atoms with Gasteiger partial charge in [0.05, 0.1) is 0 Å². The van der Waals surface area contributed by atoms with E-state index < -0.39 is 0 Å². The van der Waals surface area contributed by atoms with E-state index in [9.17, 15) is 4.79 Å². The molecule has 0 aromatic rings. The first-order valence-electron chi connectivity index (χ1n) is 5.65. The number of likely N-dealkylation sites (tertiary alicyclic amines) is 2. The van der Waals surface area contributed by atoms with E-state index in [1.165, 1.54) is 0 Å². The molecule has 0 aliphatic carbocycles. The van der Waals surface area contributed by atoms with Crippen molar-refractivity contribution >= 4 is 5.91 Å². The zero-order valence-corrected chi connectivity index (χ0v) is 9.20. The summed E-state index contributed by atoms with van der Waals surface area (Å²) in [5.41, 5.74) is 0. The standard InChI is InChI=1S/C11H20N2O/c1-9-7-11(14)13(8-9)10-3-5-12(2)6-4-10/h9-10H,3-8H2,1-2H3/t9-/m1/s1. The second-order valence-electron chi connectivity index (χ2n) is 4.89. The van der Waals surface area contributed by atoms with Gasteiger partial charge >= 0.3 is 0 Å². The van der Waals surface area contributed by atoms with Gasteiger partial charge in [-0.1, -0.05) is 6.92 Å². The van der Waals surface area contributed by atoms with Crippen LogP contribution in [0.15, 0.2) is 0 Å². The largest absolute Gasteiger partial charge is 0.339 e. The molecule has 0 aromatic heterocycles. The van der Waals surface area contributed by atoms with E-state index in [0.717, 1.165) is 38.9 Å². The summed E-state index contributed by atoms with van der Waals surface area (Å²) >= 11 is 0. The highest BCUT2D eigenvalue weighted by Gasteiger charge is 2.33. The molecule has 0 N–H and O–H groups in total. The number of nitrogens with zero attached hydrogens (tertiary/aromatic N) is 2.